The van der Waals surface area contributed by atoms with Gasteiger partial charge in [0.15, 0.2) is 0 Å². The number of nitrogens with zero attached hydrogens (tertiary/aromatic N) is 3. The Morgan fingerprint density at radius 3 is 2.70 bits per heavy atom. The molecular weight excluding hydrogens is 248 g/mol. The fourth-order valence-electron chi connectivity index (χ4n) is 2.27. The third kappa shape index (κ3) is 3.32. The summed E-state index contributed by atoms with van der Waals surface area (Å²) in [5, 5.41) is 8.02. The van der Waals surface area contributed by atoms with E-state index < -0.39 is 0 Å². The fourth-order valence-corrected chi connectivity index (χ4v) is 2.27. The van der Waals surface area contributed by atoms with Gasteiger partial charge in [-0.15, -0.1) is 0 Å². The highest BCUT2D eigenvalue weighted by atomic mass is 15.3. The summed E-state index contributed by atoms with van der Waals surface area (Å²) in [4.78, 5) is 2.11. The average molecular weight is 272 g/mol. The van der Waals surface area contributed by atoms with E-state index in [2.05, 4.69) is 73.7 Å². The number of nitrogens with one attached hydrogen (secondary N) is 1. The van der Waals surface area contributed by atoms with E-state index in [0.29, 0.717) is 5.92 Å². The predicted octanol–water partition coefficient (Wildman–Crippen LogP) is 3.22. The predicted molar refractivity (Wildman–Crippen MR) is 85.4 cm³/mol. The van der Waals surface area contributed by atoms with Crippen LogP contribution in [-0.2, 0) is 13.6 Å². The summed E-state index contributed by atoms with van der Waals surface area (Å²) in [6.07, 6.45) is 2.10. The molecular formula is C16H24N4. The van der Waals surface area contributed by atoms with Crippen LogP contribution in [0.2, 0.25) is 0 Å². The van der Waals surface area contributed by atoms with Crippen molar-refractivity contribution in [3.63, 3.8) is 0 Å². The summed E-state index contributed by atoms with van der Waals surface area (Å²) >= 11 is 0. The first-order valence-electron chi connectivity index (χ1n) is 7.01. The van der Waals surface area contributed by atoms with Crippen molar-refractivity contribution >= 4 is 11.4 Å². The highest BCUT2D eigenvalue weighted by Gasteiger charge is 2.11. The highest BCUT2D eigenvalue weighted by molar-refractivity contribution is 5.57. The van der Waals surface area contributed by atoms with E-state index in [1.165, 1.54) is 16.9 Å². The molecule has 0 atom stereocenters. The van der Waals surface area contributed by atoms with Gasteiger partial charge in [0, 0.05) is 50.8 Å². The normalized spacial score (nSPS) is 10.9. The second-order valence-electron chi connectivity index (χ2n) is 5.67. The Labute approximate surface area is 121 Å². The smallest absolute Gasteiger partial charge is 0.0699 e. The minimum absolute atomic E-state index is 0.445. The van der Waals surface area contributed by atoms with Crippen molar-refractivity contribution in [2.24, 2.45) is 7.05 Å². The maximum atomic E-state index is 4.54. The molecule has 0 aliphatic carbocycles. The summed E-state index contributed by atoms with van der Waals surface area (Å²) < 4.78 is 1.89. The minimum Gasteiger partial charge on any atom is -0.381 e. The van der Waals surface area contributed by atoms with Crippen LogP contribution in [0.3, 0.4) is 0 Å². The van der Waals surface area contributed by atoms with Crippen molar-refractivity contribution in [2.45, 2.75) is 26.3 Å². The third-order valence-electron chi connectivity index (χ3n) is 3.33. The molecule has 0 unspecified atom stereocenters. The molecule has 0 aliphatic rings. The first-order chi connectivity index (χ1) is 9.47. The molecule has 0 amide bonds. The zero-order valence-corrected chi connectivity index (χ0v) is 13.0. The lowest BCUT2D eigenvalue weighted by atomic mass is 10.1. The van der Waals surface area contributed by atoms with Gasteiger partial charge in [0.25, 0.3) is 0 Å². The first-order valence-corrected chi connectivity index (χ1v) is 7.01. The molecule has 1 aromatic heterocycles. The van der Waals surface area contributed by atoms with E-state index in [1.807, 2.05) is 11.7 Å². The molecule has 4 heteroatoms. The fraction of sp³-hybridized carbons (Fsp3) is 0.438. The molecule has 2 aromatic rings. The van der Waals surface area contributed by atoms with Crippen LogP contribution in [0.25, 0.3) is 0 Å². The van der Waals surface area contributed by atoms with E-state index in [-0.39, 0.29) is 0 Å². The Kier molecular flexibility index (Phi) is 4.32. The number of aryl methyl sites for hydroxylation is 1. The second kappa shape index (κ2) is 5.99. The molecule has 4 nitrogen and oxygen atoms in total. The summed E-state index contributed by atoms with van der Waals surface area (Å²) in [6.45, 7) is 5.16. The van der Waals surface area contributed by atoms with Crippen LogP contribution in [0.1, 0.15) is 31.0 Å². The van der Waals surface area contributed by atoms with Gasteiger partial charge in [-0.25, -0.2) is 0 Å². The Morgan fingerprint density at radius 2 is 2.05 bits per heavy atom. The van der Waals surface area contributed by atoms with Gasteiger partial charge < -0.3 is 10.2 Å². The van der Waals surface area contributed by atoms with Crippen molar-refractivity contribution in [3.05, 3.63) is 41.7 Å². The Morgan fingerprint density at radius 1 is 1.30 bits per heavy atom. The SMILES string of the molecule is CC(C)c1nn(C)cc1CNc1cccc(N(C)C)c1. The van der Waals surface area contributed by atoms with Crippen LogP contribution in [0.4, 0.5) is 11.4 Å². The number of anilines is 2. The van der Waals surface area contributed by atoms with E-state index in [9.17, 15) is 0 Å². The van der Waals surface area contributed by atoms with Crippen LogP contribution >= 0.6 is 0 Å². The molecule has 0 saturated carbocycles. The third-order valence-corrected chi connectivity index (χ3v) is 3.33. The van der Waals surface area contributed by atoms with Crippen molar-refractivity contribution < 1.29 is 0 Å². The lowest BCUT2D eigenvalue weighted by Gasteiger charge is -2.14. The van der Waals surface area contributed by atoms with Gasteiger partial charge in [-0.3, -0.25) is 4.68 Å². The van der Waals surface area contributed by atoms with Crippen LogP contribution < -0.4 is 10.2 Å². The summed E-state index contributed by atoms with van der Waals surface area (Å²) in [5.41, 5.74) is 4.77. The Bertz CT molecular complexity index is 570. The molecule has 1 aromatic carbocycles. The van der Waals surface area contributed by atoms with E-state index in [1.54, 1.807) is 0 Å². The van der Waals surface area contributed by atoms with Crippen molar-refractivity contribution in [1.82, 2.24) is 9.78 Å². The average Bonchev–Trinajstić information content (AvgIpc) is 2.78. The summed E-state index contributed by atoms with van der Waals surface area (Å²) in [5.74, 6) is 0.445. The maximum Gasteiger partial charge on any atom is 0.0699 e. The number of benzene rings is 1. The Balaban J connectivity index is 2.11. The van der Waals surface area contributed by atoms with Gasteiger partial charge in [-0.05, 0) is 24.1 Å². The molecule has 1 heterocycles. The molecule has 0 saturated heterocycles. The molecule has 0 aliphatic heterocycles. The van der Waals surface area contributed by atoms with Gasteiger partial charge in [0.05, 0.1) is 5.69 Å². The van der Waals surface area contributed by atoms with Gasteiger partial charge in [0.2, 0.25) is 0 Å². The molecule has 1 N–H and O–H groups in total. The van der Waals surface area contributed by atoms with Crippen molar-refractivity contribution in [1.29, 1.82) is 0 Å². The molecule has 20 heavy (non-hydrogen) atoms. The standard InChI is InChI=1S/C16H24N4/c1-12(2)16-13(11-20(5)18-16)10-17-14-7-6-8-15(9-14)19(3)4/h6-9,11-12,17H,10H2,1-5H3. The molecule has 0 bridgehead atoms. The molecule has 0 radical (unpaired) electrons. The van der Waals surface area contributed by atoms with Gasteiger partial charge in [-0.2, -0.15) is 5.10 Å². The summed E-state index contributed by atoms with van der Waals surface area (Å²) in [7, 11) is 6.08. The number of rotatable bonds is 5. The molecule has 0 spiro atoms. The van der Waals surface area contributed by atoms with Crippen LogP contribution in [0, 0.1) is 0 Å². The molecule has 2 rings (SSSR count). The number of hydrogen-bond acceptors (Lipinski definition) is 3. The van der Waals surface area contributed by atoms with Crippen LogP contribution in [0.15, 0.2) is 30.5 Å². The number of aromatic nitrogens is 2. The topological polar surface area (TPSA) is 33.1 Å². The van der Waals surface area contributed by atoms with Gasteiger partial charge >= 0.3 is 0 Å². The number of hydrogen-bond donors (Lipinski definition) is 1. The Hall–Kier alpha value is -1.97. The van der Waals surface area contributed by atoms with Crippen molar-refractivity contribution in [3.8, 4) is 0 Å². The van der Waals surface area contributed by atoms with E-state index in [0.717, 1.165) is 12.2 Å². The monoisotopic (exact) mass is 272 g/mol. The van der Waals surface area contributed by atoms with Gasteiger partial charge in [-0.1, -0.05) is 19.9 Å². The van der Waals surface area contributed by atoms with E-state index in [4.69, 9.17) is 0 Å². The zero-order valence-electron chi connectivity index (χ0n) is 13.0. The molecule has 0 fully saturated rings. The minimum atomic E-state index is 0.445. The van der Waals surface area contributed by atoms with Crippen molar-refractivity contribution in [2.75, 3.05) is 24.3 Å². The second-order valence-corrected chi connectivity index (χ2v) is 5.67. The first kappa shape index (κ1) is 14.4. The van der Waals surface area contributed by atoms with Gasteiger partial charge in [0.1, 0.15) is 0 Å². The quantitative estimate of drug-likeness (QED) is 0.907. The largest absolute Gasteiger partial charge is 0.381 e. The lowest BCUT2D eigenvalue weighted by Crippen LogP contribution is -2.09. The molecule has 108 valence electrons. The maximum absolute atomic E-state index is 4.54. The summed E-state index contributed by atoms with van der Waals surface area (Å²) in [6, 6.07) is 8.43. The van der Waals surface area contributed by atoms with Crippen LogP contribution in [-0.4, -0.2) is 23.9 Å². The highest BCUT2D eigenvalue weighted by Crippen LogP contribution is 2.21. The zero-order chi connectivity index (χ0) is 14.7. The van der Waals surface area contributed by atoms with Crippen LogP contribution in [0.5, 0.6) is 0 Å². The van der Waals surface area contributed by atoms with E-state index >= 15 is 0 Å². The lowest BCUT2D eigenvalue weighted by molar-refractivity contribution is 0.712.